The van der Waals surface area contributed by atoms with Crippen molar-refractivity contribution in [2.24, 2.45) is 5.41 Å². The number of nitrogens with zero attached hydrogens (tertiary/aromatic N) is 3. The summed E-state index contributed by atoms with van der Waals surface area (Å²) in [5.41, 5.74) is -1.29. The fourth-order valence-corrected chi connectivity index (χ4v) is 5.94. The van der Waals surface area contributed by atoms with E-state index in [1.54, 1.807) is 12.1 Å². The van der Waals surface area contributed by atoms with Gasteiger partial charge < -0.3 is 19.9 Å². The number of benzene rings is 2. The molecule has 0 amide bonds. The van der Waals surface area contributed by atoms with E-state index in [1.807, 2.05) is 4.72 Å². The van der Waals surface area contributed by atoms with Crippen molar-refractivity contribution in [1.29, 1.82) is 0 Å². The first-order chi connectivity index (χ1) is 21.1. The SMILES string of the molecule is O=S([O-])NC(c1ccccc1)c1c(F)cc(Oc2ncccc2-c2ccnc(NC3CNCC4(C3)CC4(F)F)n2)c(F)c1F. The number of ether oxygens (including phenoxy) is 1. The third kappa shape index (κ3) is 5.87. The standard InChI is InChI=1S/C29H25F5N6O3S/c30-19-11-21(23(31)24(32)22(19)25(40-44(41)42)16-5-2-1-3-6-16)43-26-18(7-4-9-36-26)20-8-10-37-27(39-20)38-17-12-28(15-35-13-17)14-29(28,33)34/h1-11,17,25,35,40H,12-15H2,(H,41,42)(H,37,38,39)/p-1. The molecular weight excluding hydrogens is 607 g/mol. The molecule has 15 heteroatoms. The zero-order chi connectivity index (χ0) is 31.1. The van der Waals surface area contributed by atoms with E-state index in [9.17, 15) is 17.5 Å². The Bertz CT molecular complexity index is 1720. The van der Waals surface area contributed by atoms with E-state index in [2.05, 4.69) is 25.6 Å². The summed E-state index contributed by atoms with van der Waals surface area (Å²) < 4.78 is 104. The van der Waals surface area contributed by atoms with Crippen LogP contribution < -0.4 is 20.1 Å². The van der Waals surface area contributed by atoms with Crippen molar-refractivity contribution in [3.8, 4) is 22.9 Å². The lowest BCUT2D eigenvalue weighted by molar-refractivity contribution is 0.0515. The molecule has 2 aliphatic rings. The summed E-state index contributed by atoms with van der Waals surface area (Å²) in [5.74, 6) is -8.14. The van der Waals surface area contributed by atoms with Crippen LogP contribution in [0.15, 0.2) is 67.0 Å². The second-order valence-electron chi connectivity index (χ2n) is 10.7. The van der Waals surface area contributed by atoms with Gasteiger partial charge in [-0.15, -0.1) is 0 Å². The zero-order valence-electron chi connectivity index (χ0n) is 22.7. The lowest BCUT2D eigenvalue weighted by Crippen LogP contribution is -2.46. The van der Waals surface area contributed by atoms with Crippen LogP contribution in [-0.4, -0.2) is 48.8 Å². The van der Waals surface area contributed by atoms with Gasteiger partial charge in [-0.3, -0.25) is 4.21 Å². The summed E-state index contributed by atoms with van der Waals surface area (Å²) >= 11 is -2.94. The molecule has 3 N–H and O–H groups in total. The van der Waals surface area contributed by atoms with Gasteiger partial charge in [0.05, 0.1) is 22.7 Å². The van der Waals surface area contributed by atoms with E-state index in [0.717, 1.165) is 0 Å². The van der Waals surface area contributed by atoms with Crippen molar-refractivity contribution in [2.75, 3.05) is 18.4 Å². The molecule has 6 rings (SSSR count). The maximum atomic E-state index is 15.4. The quantitative estimate of drug-likeness (QED) is 0.134. The molecule has 0 bridgehead atoms. The molecule has 1 saturated carbocycles. The van der Waals surface area contributed by atoms with Crippen molar-refractivity contribution in [1.82, 2.24) is 25.0 Å². The second kappa shape index (κ2) is 11.8. The molecule has 1 aliphatic heterocycles. The summed E-state index contributed by atoms with van der Waals surface area (Å²) in [6.45, 7) is 0.667. The topological polar surface area (TPSA) is 124 Å². The molecule has 1 saturated heterocycles. The molecule has 1 aliphatic carbocycles. The van der Waals surface area contributed by atoms with Crippen LogP contribution >= 0.6 is 0 Å². The fourth-order valence-electron chi connectivity index (χ4n) is 5.49. The zero-order valence-corrected chi connectivity index (χ0v) is 23.5. The van der Waals surface area contributed by atoms with E-state index in [-0.39, 0.29) is 54.1 Å². The minimum Gasteiger partial charge on any atom is -0.760 e. The van der Waals surface area contributed by atoms with Gasteiger partial charge in [-0.1, -0.05) is 30.3 Å². The Morgan fingerprint density at radius 2 is 1.82 bits per heavy atom. The van der Waals surface area contributed by atoms with Gasteiger partial charge in [-0.05, 0) is 30.2 Å². The molecule has 2 aromatic heterocycles. The number of hydrogen-bond acceptors (Lipinski definition) is 8. The number of halogens is 5. The van der Waals surface area contributed by atoms with Crippen molar-refractivity contribution < 1.29 is 35.5 Å². The summed E-state index contributed by atoms with van der Waals surface area (Å²) in [6, 6.07) is 10.8. The van der Waals surface area contributed by atoms with Crippen molar-refractivity contribution in [3.63, 3.8) is 0 Å². The molecule has 44 heavy (non-hydrogen) atoms. The first-order valence-electron chi connectivity index (χ1n) is 13.5. The Labute approximate surface area is 250 Å². The average molecular weight is 632 g/mol. The molecule has 0 radical (unpaired) electrons. The summed E-state index contributed by atoms with van der Waals surface area (Å²) in [6.07, 6.45) is 2.80. The summed E-state index contributed by atoms with van der Waals surface area (Å²) in [4.78, 5) is 12.7. The van der Waals surface area contributed by atoms with Gasteiger partial charge in [0.1, 0.15) is 5.82 Å². The minimum absolute atomic E-state index is 0.146. The van der Waals surface area contributed by atoms with E-state index < -0.39 is 57.4 Å². The predicted octanol–water partition coefficient (Wildman–Crippen LogP) is 5.02. The van der Waals surface area contributed by atoms with Crippen LogP contribution in [0.2, 0.25) is 0 Å². The van der Waals surface area contributed by atoms with Crippen LogP contribution in [0.25, 0.3) is 11.3 Å². The highest BCUT2D eigenvalue weighted by Crippen LogP contribution is 2.63. The van der Waals surface area contributed by atoms with Crippen molar-refractivity contribution in [3.05, 3.63) is 95.6 Å². The van der Waals surface area contributed by atoms with Gasteiger partial charge in [-0.2, -0.15) is 4.39 Å². The monoisotopic (exact) mass is 631 g/mol. The highest BCUT2D eigenvalue weighted by Gasteiger charge is 2.71. The molecule has 3 heterocycles. The first kappa shape index (κ1) is 30.0. The highest BCUT2D eigenvalue weighted by atomic mass is 32.2. The number of hydrogen-bond donors (Lipinski definition) is 3. The number of alkyl halides is 2. The molecule has 4 atom stereocenters. The van der Waals surface area contributed by atoms with Crippen LogP contribution in [0.4, 0.5) is 27.9 Å². The largest absolute Gasteiger partial charge is 0.760 e. The lowest BCUT2D eigenvalue weighted by Gasteiger charge is -2.30. The van der Waals surface area contributed by atoms with E-state index in [4.69, 9.17) is 4.74 Å². The molecule has 2 fully saturated rings. The molecule has 9 nitrogen and oxygen atoms in total. The van der Waals surface area contributed by atoms with E-state index >= 15 is 13.2 Å². The van der Waals surface area contributed by atoms with Gasteiger partial charge in [0.25, 0.3) is 5.92 Å². The fraction of sp³-hybridized carbons (Fsp3) is 0.276. The number of pyridine rings is 1. The van der Waals surface area contributed by atoms with Crippen LogP contribution in [0, 0.1) is 22.9 Å². The maximum Gasteiger partial charge on any atom is 0.255 e. The summed E-state index contributed by atoms with van der Waals surface area (Å²) in [5, 5.41) is 6.10. The van der Waals surface area contributed by atoms with Gasteiger partial charge in [-0.25, -0.2) is 37.2 Å². The van der Waals surface area contributed by atoms with Gasteiger partial charge in [0, 0.05) is 60.8 Å². The Balaban J connectivity index is 1.27. The summed E-state index contributed by atoms with van der Waals surface area (Å²) in [7, 11) is 0. The number of anilines is 1. The van der Waals surface area contributed by atoms with Gasteiger partial charge in [0.2, 0.25) is 17.6 Å². The molecule has 2 aromatic carbocycles. The van der Waals surface area contributed by atoms with Crippen LogP contribution in [0.3, 0.4) is 0 Å². The van der Waals surface area contributed by atoms with Crippen molar-refractivity contribution in [2.45, 2.75) is 30.8 Å². The van der Waals surface area contributed by atoms with Crippen LogP contribution in [0.1, 0.15) is 30.0 Å². The third-order valence-electron chi connectivity index (χ3n) is 7.74. The Morgan fingerprint density at radius 3 is 2.55 bits per heavy atom. The smallest absolute Gasteiger partial charge is 0.255 e. The number of piperidine rings is 1. The van der Waals surface area contributed by atoms with Crippen LogP contribution in [0.5, 0.6) is 11.6 Å². The molecular formula is C29H24F5N6O3S-. The molecule has 4 aromatic rings. The second-order valence-corrected chi connectivity index (χ2v) is 11.4. The van der Waals surface area contributed by atoms with Gasteiger partial charge in [0.15, 0.2) is 11.6 Å². The minimum atomic E-state index is -2.94. The Morgan fingerprint density at radius 1 is 1.05 bits per heavy atom. The predicted molar refractivity (Wildman–Crippen MR) is 149 cm³/mol. The van der Waals surface area contributed by atoms with E-state index in [0.29, 0.717) is 12.6 Å². The van der Waals surface area contributed by atoms with Gasteiger partial charge >= 0.3 is 0 Å². The number of aromatic nitrogens is 3. The molecule has 1 spiro atoms. The normalized spacial score (nSPS) is 21.9. The van der Waals surface area contributed by atoms with E-state index in [1.165, 1.54) is 48.8 Å². The lowest BCUT2D eigenvalue weighted by atomic mass is 9.92. The average Bonchev–Trinajstić information content (AvgIpc) is 3.52. The number of rotatable bonds is 9. The van der Waals surface area contributed by atoms with Crippen LogP contribution in [-0.2, 0) is 11.3 Å². The maximum absolute atomic E-state index is 15.4. The van der Waals surface area contributed by atoms with Crippen molar-refractivity contribution >= 4 is 17.2 Å². The Hall–Kier alpha value is -4.05. The molecule has 230 valence electrons. The highest BCUT2D eigenvalue weighted by molar-refractivity contribution is 7.77. The third-order valence-corrected chi connectivity index (χ3v) is 8.17. The number of nitrogens with one attached hydrogen (secondary N) is 3. The first-order valence-corrected chi connectivity index (χ1v) is 14.5. The molecule has 4 unspecified atom stereocenters. The Kier molecular flexibility index (Phi) is 8.04.